The minimum atomic E-state index is -0.888. The maximum absolute atomic E-state index is 11.2. The Morgan fingerprint density at radius 2 is 2.05 bits per heavy atom. The summed E-state index contributed by atoms with van der Waals surface area (Å²) < 4.78 is 0. The highest BCUT2D eigenvalue weighted by molar-refractivity contribution is 5.88. The molecule has 0 aromatic carbocycles. The van der Waals surface area contributed by atoms with Crippen molar-refractivity contribution in [3.8, 4) is 0 Å². The number of carboxylic acids is 1. The first kappa shape index (κ1) is 15.5. The predicted molar refractivity (Wildman–Crippen MR) is 78.0 cm³/mol. The van der Waals surface area contributed by atoms with Crippen LogP contribution in [0.2, 0.25) is 0 Å². The van der Waals surface area contributed by atoms with Crippen molar-refractivity contribution in [1.29, 1.82) is 0 Å². The molecule has 1 unspecified atom stereocenters. The second-order valence-corrected chi connectivity index (χ2v) is 4.80. The van der Waals surface area contributed by atoms with Crippen molar-refractivity contribution >= 4 is 11.8 Å². The number of aromatic nitrogens is 1. The molecule has 0 saturated carbocycles. The van der Waals surface area contributed by atoms with E-state index < -0.39 is 5.97 Å². The number of carbonyl (C=O) groups is 1. The molecular weight excluding hydrogens is 240 g/mol. The Kier molecular flexibility index (Phi) is 5.80. The molecule has 0 fully saturated rings. The molecule has 4 nitrogen and oxygen atoms in total. The van der Waals surface area contributed by atoms with E-state index >= 15 is 0 Å². The largest absolute Gasteiger partial charge is 0.478 e. The molecule has 0 aliphatic heterocycles. The van der Waals surface area contributed by atoms with E-state index in [0.29, 0.717) is 11.6 Å². The van der Waals surface area contributed by atoms with Crippen LogP contribution >= 0.6 is 0 Å². The van der Waals surface area contributed by atoms with Crippen molar-refractivity contribution in [2.24, 2.45) is 0 Å². The van der Waals surface area contributed by atoms with Gasteiger partial charge in [0.1, 0.15) is 5.82 Å². The van der Waals surface area contributed by atoms with E-state index in [-0.39, 0.29) is 0 Å². The third kappa shape index (κ3) is 3.94. The molecule has 106 valence electrons. The number of nitrogens with zero attached hydrogens (tertiary/aromatic N) is 2. The maximum atomic E-state index is 11.2. The molecule has 4 heteroatoms. The molecule has 0 spiro atoms. The molecule has 0 radical (unpaired) electrons. The third-order valence-electron chi connectivity index (χ3n) is 3.38. The quantitative estimate of drug-likeness (QED) is 0.820. The van der Waals surface area contributed by atoms with E-state index in [9.17, 15) is 9.90 Å². The minimum absolute atomic E-state index is 0.329. The number of aromatic carboxylic acids is 1. The molecule has 0 amide bonds. The Labute approximate surface area is 115 Å². The van der Waals surface area contributed by atoms with Crippen molar-refractivity contribution in [1.82, 2.24) is 4.98 Å². The van der Waals surface area contributed by atoms with Crippen LogP contribution in [0.3, 0.4) is 0 Å². The van der Waals surface area contributed by atoms with Gasteiger partial charge >= 0.3 is 5.97 Å². The topological polar surface area (TPSA) is 53.4 Å². The summed E-state index contributed by atoms with van der Waals surface area (Å²) in [6.07, 6.45) is 2.78. The molecule has 0 bridgehead atoms. The summed E-state index contributed by atoms with van der Waals surface area (Å²) in [4.78, 5) is 18.0. The number of anilines is 1. The lowest BCUT2D eigenvalue weighted by Crippen LogP contribution is -2.33. The van der Waals surface area contributed by atoms with Gasteiger partial charge in [-0.1, -0.05) is 20.3 Å². The van der Waals surface area contributed by atoms with E-state index in [0.717, 1.165) is 37.3 Å². The average molecular weight is 264 g/mol. The van der Waals surface area contributed by atoms with Gasteiger partial charge in [-0.25, -0.2) is 9.78 Å². The second kappa shape index (κ2) is 7.12. The first-order chi connectivity index (χ1) is 9.03. The number of hydrogen-bond donors (Lipinski definition) is 1. The minimum Gasteiger partial charge on any atom is -0.478 e. The first-order valence-electron chi connectivity index (χ1n) is 7.04. The van der Waals surface area contributed by atoms with Crippen LogP contribution in [0.4, 0.5) is 5.82 Å². The molecule has 1 atom stereocenters. The molecule has 1 aromatic heterocycles. The van der Waals surface area contributed by atoms with Crippen molar-refractivity contribution in [3.63, 3.8) is 0 Å². The fourth-order valence-corrected chi connectivity index (χ4v) is 2.15. The van der Waals surface area contributed by atoms with Crippen molar-refractivity contribution in [2.75, 3.05) is 11.4 Å². The van der Waals surface area contributed by atoms with Gasteiger partial charge in [0, 0.05) is 18.3 Å². The van der Waals surface area contributed by atoms with Crippen LogP contribution in [0.15, 0.2) is 12.1 Å². The third-order valence-corrected chi connectivity index (χ3v) is 3.38. The number of hydrogen-bond acceptors (Lipinski definition) is 3. The lowest BCUT2D eigenvalue weighted by atomic mass is 10.1. The molecule has 19 heavy (non-hydrogen) atoms. The fourth-order valence-electron chi connectivity index (χ4n) is 2.15. The van der Waals surface area contributed by atoms with Gasteiger partial charge in [-0.3, -0.25) is 0 Å². The summed E-state index contributed by atoms with van der Waals surface area (Å²) in [5.74, 6) is -0.110. The van der Waals surface area contributed by atoms with Crippen LogP contribution in [0.5, 0.6) is 0 Å². The zero-order valence-electron chi connectivity index (χ0n) is 12.3. The van der Waals surface area contributed by atoms with E-state index in [1.54, 1.807) is 12.1 Å². The Balaban J connectivity index is 3.20. The average Bonchev–Trinajstić information content (AvgIpc) is 2.39. The summed E-state index contributed by atoms with van der Waals surface area (Å²) in [5, 5.41) is 9.21. The lowest BCUT2D eigenvalue weighted by molar-refractivity contribution is 0.0696. The van der Waals surface area contributed by atoms with Crippen molar-refractivity contribution in [3.05, 3.63) is 23.4 Å². The predicted octanol–water partition coefficient (Wildman–Crippen LogP) is 3.36. The van der Waals surface area contributed by atoms with E-state index in [2.05, 4.69) is 37.6 Å². The molecule has 1 heterocycles. The van der Waals surface area contributed by atoms with Gasteiger partial charge in [-0.15, -0.1) is 0 Å². The van der Waals surface area contributed by atoms with Crippen LogP contribution in [0.25, 0.3) is 0 Å². The fraction of sp³-hybridized carbons (Fsp3) is 0.600. The van der Waals surface area contributed by atoms with Crippen LogP contribution in [-0.4, -0.2) is 28.6 Å². The smallest absolute Gasteiger partial charge is 0.335 e. The van der Waals surface area contributed by atoms with Crippen LogP contribution in [-0.2, 0) is 6.42 Å². The van der Waals surface area contributed by atoms with Gasteiger partial charge in [-0.05, 0) is 38.8 Å². The zero-order chi connectivity index (χ0) is 14.4. The highest BCUT2D eigenvalue weighted by atomic mass is 16.4. The normalized spacial score (nSPS) is 12.2. The highest BCUT2D eigenvalue weighted by Crippen LogP contribution is 2.19. The van der Waals surface area contributed by atoms with Gasteiger partial charge in [0.05, 0.1) is 5.56 Å². The molecule has 1 N–H and O–H groups in total. The summed E-state index contributed by atoms with van der Waals surface area (Å²) in [6.45, 7) is 9.23. The number of rotatable bonds is 7. The summed E-state index contributed by atoms with van der Waals surface area (Å²) >= 11 is 0. The van der Waals surface area contributed by atoms with Crippen molar-refractivity contribution < 1.29 is 9.90 Å². The molecule has 1 aromatic rings. The van der Waals surface area contributed by atoms with Gasteiger partial charge in [0.15, 0.2) is 0 Å². The number of pyridine rings is 1. The monoisotopic (exact) mass is 264 g/mol. The van der Waals surface area contributed by atoms with E-state index in [1.165, 1.54) is 0 Å². The summed E-state index contributed by atoms with van der Waals surface area (Å²) in [7, 11) is 0. The van der Waals surface area contributed by atoms with Gasteiger partial charge in [0.25, 0.3) is 0 Å². The summed E-state index contributed by atoms with van der Waals surface area (Å²) in [5.41, 5.74) is 1.19. The maximum Gasteiger partial charge on any atom is 0.335 e. The highest BCUT2D eigenvalue weighted by Gasteiger charge is 2.16. The van der Waals surface area contributed by atoms with Gasteiger partial charge < -0.3 is 10.0 Å². The van der Waals surface area contributed by atoms with Gasteiger partial charge in [0.2, 0.25) is 0 Å². The standard InChI is InChI=1S/C15H24N2O2/c1-5-8-13-9-12(15(18)19)10-14(16-13)17(7-3)11(4)6-2/h9-11H,5-8H2,1-4H3,(H,18,19). The van der Waals surface area contributed by atoms with Crippen LogP contribution < -0.4 is 4.90 Å². The van der Waals surface area contributed by atoms with Crippen LogP contribution in [0.1, 0.15) is 56.6 Å². The number of aryl methyl sites for hydroxylation is 1. The molecule has 0 aliphatic rings. The van der Waals surface area contributed by atoms with Gasteiger partial charge in [-0.2, -0.15) is 0 Å². The SMILES string of the molecule is CCCc1cc(C(=O)O)cc(N(CC)C(C)CC)n1. The molecular formula is C15H24N2O2. The van der Waals surface area contributed by atoms with Crippen LogP contribution in [0, 0.1) is 0 Å². The summed E-state index contributed by atoms with van der Waals surface area (Å²) in [6, 6.07) is 3.72. The van der Waals surface area contributed by atoms with Crippen molar-refractivity contribution in [2.45, 2.75) is 53.0 Å². The Hall–Kier alpha value is -1.58. The molecule has 0 aliphatic carbocycles. The Morgan fingerprint density at radius 1 is 1.37 bits per heavy atom. The number of carboxylic acid groups (broad SMARTS) is 1. The Bertz CT molecular complexity index is 432. The van der Waals surface area contributed by atoms with E-state index in [4.69, 9.17) is 0 Å². The first-order valence-corrected chi connectivity index (χ1v) is 7.04. The second-order valence-electron chi connectivity index (χ2n) is 4.80. The molecule has 0 saturated heterocycles. The Morgan fingerprint density at radius 3 is 2.53 bits per heavy atom. The van der Waals surface area contributed by atoms with E-state index in [1.807, 2.05) is 0 Å². The zero-order valence-corrected chi connectivity index (χ0v) is 12.3. The lowest BCUT2D eigenvalue weighted by Gasteiger charge is -2.29. The molecule has 1 rings (SSSR count).